The molecule has 1 heterocycles. The second kappa shape index (κ2) is 6.57. The molecule has 0 unspecified atom stereocenters. The van der Waals surface area contributed by atoms with Crippen LogP contribution in [-0.2, 0) is 16.4 Å². The van der Waals surface area contributed by atoms with Crippen LogP contribution in [0, 0.1) is 6.92 Å². The average molecular weight is 390 g/mol. The van der Waals surface area contributed by atoms with E-state index in [4.69, 9.17) is 0 Å². The van der Waals surface area contributed by atoms with Crippen LogP contribution >= 0.6 is 0 Å². The number of fused-ring (bicyclic) bond motifs is 3. The third kappa shape index (κ3) is 2.71. The van der Waals surface area contributed by atoms with Crippen LogP contribution in [0.4, 0.5) is 0 Å². The Labute approximate surface area is 166 Å². The first-order valence-corrected chi connectivity index (χ1v) is 11.2. The van der Waals surface area contributed by atoms with Gasteiger partial charge in [-0.15, -0.1) is 0 Å². The standard InChI is InChI=1S/C24H23NO2S/c1-17-11-13-20(14-12-17)28(26,27)25-16-22(18-7-3-2-4-8-18)24-21-10-6-5-9-19(21)15-23(24)25/h2-14,22-24H,15-16H2,1H3/t22-,23-,24-/m1/s1. The topological polar surface area (TPSA) is 37.4 Å². The minimum Gasteiger partial charge on any atom is -0.207 e. The molecule has 142 valence electrons. The Morgan fingerprint density at radius 2 is 1.54 bits per heavy atom. The van der Waals surface area contributed by atoms with E-state index in [1.807, 2.05) is 37.3 Å². The third-order valence-corrected chi connectivity index (χ3v) is 8.20. The molecular weight excluding hydrogens is 366 g/mol. The van der Waals surface area contributed by atoms with Gasteiger partial charge in [0.1, 0.15) is 0 Å². The first-order chi connectivity index (χ1) is 13.6. The molecule has 3 atom stereocenters. The molecule has 1 aliphatic heterocycles. The fourth-order valence-electron chi connectivity index (χ4n) is 4.95. The van der Waals surface area contributed by atoms with Crippen LogP contribution < -0.4 is 0 Å². The molecule has 0 radical (unpaired) electrons. The fourth-order valence-corrected chi connectivity index (χ4v) is 6.62. The number of rotatable bonds is 3. The van der Waals surface area contributed by atoms with Gasteiger partial charge in [-0.05, 0) is 42.2 Å². The Balaban J connectivity index is 1.60. The maximum absolute atomic E-state index is 13.5. The molecule has 2 aliphatic rings. The minimum atomic E-state index is -3.53. The SMILES string of the molecule is Cc1ccc(S(=O)(=O)N2C[C@H](c3ccccc3)[C@H]3c4ccccc4C[C@H]32)cc1. The lowest BCUT2D eigenvalue weighted by Gasteiger charge is -2.23. The molecule has 28 heavy (non-hydrogen) atoms. The summed E-state index contributed by atoms with van der Waals surface area (Å²) < 4.78 is 28.8. The molecule has 1 fully saturated rings. The third-order valence-electron chi connectivity index (χ3n) is 6.29. The monoisotopic (exact) mass is 389 g/mol. The maximum Gasteiger partial charge on any atom is 0.243 e. The van der Waals surface area contributed by atoms with E-state index >= 15 is 0 Å². The molecule has 0 saturated carbocycles. The average Bonchev–Trinajstić information content (AvgIpc) is 3.26. The smallest absolute Gasteiger partial charge is 0.207 e. The number of sulfonamides is 1. The van der Waals surface area contributed by atoms with Gasteiger partial charge in [-0.2, -0.15) is 4.31 Å². The van der Waals surface area contributed by atoms with Gasteiger partial charge in [-0.3, -0.25) is 0 Å². The van der Waals surface area contributed by atoms with Crippen molar-refractivity contribution >= 4 is 10.0 Å². The zero-order valence-electron chi connectivity index (χ0n) is 15.8. The van der Waals surface area contributed by atoms with Crippen LogP contribution in [0.5, 0.6) is 0 Å². The number of hydrogen-bond acceptors (Lipinski definition) is 2. The summed E-state index contributed by atoms with van der Waals surface area (Å²) in [6.45, 7) is 2.51. The molecular formula is C24H23NO2S. The van der Waals surface area contributed by atoms with Crippen molar-refractivity contribution in [1.29, 1.82) is 0 Å². The van der Waals surface area contributed by atoms with Gasteiger partial charge < -0.3 is 0 Å². The predicted molar refractivity (Wildman–Crippen MR) is 111 cm³/mol. The van der Waals surface area contributed by atoms with Crippen molar-refractivity contribution < 1.29 is 8.42 Å². The molecule has 5 rings (SSSR count). The number of hydrogen-bond donors (Lipinski definition) is 0. The molecule has 3 nitrogen and oxygen atoms in total. The quantitative estimate of drug-likeness (QED) is 0.662. The van der Waals surface area contributed by atoms with Gasteiger partial charge in [-0.1, -0.05) is 72.3 Å². The van der Waals surface area contributed by atoms with E-state index < -0.39 is 10.0 Å². The van der Waals surface area contributed by atoms with Crippen molar-refractivity contribution in [1.82, 2.24) is 4.31 Å². The van der Waals surface area contributed by atoms with E-state index in [9.17, 15) is 8.42 Å². The first-order valence-electron chi connectivity index (χ1n) is 9.77. The van der Waals surface area contributed by atoms with E-state index in [2.05, 4.69) is 36.4 Å². The van der Waals surface area contributed by atoms with E-state index in [-0.39, 0.29) is 17.9 Å². The summed E-state index contributed by atoms with van der Waals surface area (Å²) in [5.74, 6) is 0.383. The van der Waals surface area contributed by atoms with Crippen molar-refractivity contribution in [3.8, 4) is 0 Å². The second-order valence-corrected chi connectivity index (χ2v) is 9.79. The summed E-state index contributed by atoms with van der Waals surface area (Å²) >= 11 is 0. The van der Waals surface area contributed by atoms with Gasteiger partial charge in [0.05, 0.1) is 4.90 Å². The lowest BCUT2D eigenvalue weighted by molar-refractivity contribution is 0.384. The Morgan fingerprint density at radius 1 is 0.857 bits per heavy atom. The molecule has 4 heteroatoms. The van der Waals surface area contributed by atoms with Crippen molar-refractivity contribution in [3.05, 3.63) is 101 Å². The molecule has 0 bridgehead atoms. The summed E-state index contributed by atoms with van der Waals surface area (Å²) in [6, 6.07) is 26.0. The zero-order valence-corrected chi connectivity index (χ0v) is 16.6. The largest absolute Gasteiger partial charge is 0.243 e. The van der Waals surface area contributed by atoms with Crippen molar-refractivity contribution in [2.75, 3.05) is 6.54 Å². The van der Waals surface area contributed by atoms with Gasteiger partial charge in [0.25, 0.3) is 0 Å². The van der Waals surface area contributed by atoms with E-state index in [0.717, 1.165) is 12.0 Å². The molecule has 0 spiro atoms. The van der Waals surface area contributed by atoms with Crippen molar-refractivity contribution in [3.63, 3.8) is 0 Å². The fraction of sp³-hybridized carbons (Fsp3) is 0.250. The predicted octanol–water partition coefficient (Wildman–Crippen LogP) is 4.49. The van der Waals surface area contributed by atoms with Crippen LogP contribution in [0.3, 0.4) is 0 Å². The number of nitrogens with zero attached hydrogens (tertiary/aromatic N) is 1. The highest BCUT2D eigenvalue weighted by atomic mass is 32.2. The number of aryl methyl sites for hydroxylation is 1. The van der Waals surface area contributed by atoms with Crippen LogP contribution in [0.2, 0.25) is 0 Å². The highest BCUT2D eigenvalue weighted by Gasteiger charge is 2.51. The van der Waals surface area contributed by atoms with Crippen molar-refractivity contribution in [2.45, 2.75) is 36.1 Å². The molecule has 0 aromatic heterocycles. The van der Waals surface area contributed by atoms with Crippen LogP contribution in [0.15, 0.2) is 83.8 Å². The van der Waals surface area contributed by atoms with Crippen LogP contribution in [0.1, 0.15) is 34.1 Å². The normalized spacial score (nSPS) is 24.1. The van der Waals surface area contributed by atoms with Gasteiger partial charge in [-0.25, -0.2) is 8.42 Å². The number of benzene rings is 3. The van der Waals surface area contributed by atoms with E-state index in [1.165, 1.54) is 16.7 Å². The lowest BCUT2D eigenvalue weighted by Crippen LogP contribution is -2.36. The lowest BCUT2D eigenvalue weighted by atomic mass is 9.84. The second-order valence-electron chi connectivity index (χ2n) is 7.90. The van der Waals surface area contributed by atoms with Gasteiger partial charge in [0, 0.05) is 24.4 Å². The minimum absolute atomic E-state index is 0.0195. The highest BCUT2D eigenvalue weighted by molar-refractivity contribution is 7.89. The van der Waals surface area contributed by atoms with Gasteiger partial charge >= 0.3 is 0 Å². The molecule has 1 aliphatic carbocycles. The molecule has 0 amide bonds. The van der Waals surface area contributed by atoms with E-state index in [0.29, 0.717) is 11.4 Å². The van der Waals surface area contributed by atoms with E-state index in [1.54, 1.807) is 16.4 Å². The summed E-state index contributed by atoms with van der Waals surface area (Å²) in [7, 11) is -3.53. The van der Waals surface area contributed by atoms with Gasteiger partial charge in [0.15, 0.2) is 0 Å². The van der Waals surface area contributed by atoms with Gasteiger partial charge in [0.2, 0.25) is 10.0 Å². The van der Waals surface area contributed by atoms with Crippen molar-refractivity contribution in [2.24, 2.45) is 0 Å². The Bertz CT molecular complexity index is 1110. The molecule has 0 N–H and O–H groups in total. The zero-order chi connectivity index (χ0) is 19.3. The summed E-state index contributed by atoms with van der Waals surface area (Å²) in [4.78, 5) is 0.390. The summed E-state index contributed by atoms with van der Waals surface area (Å²) in [5, 5.41) is 0. The Hall–Kier alpha value is -2.43. The van der Waals surface area contributed by atoms with Crippen LogP contribution in [-0.4, -0.2) is 25.3 Å². The molecule has 3 aromatic rings. The Morgan fingerprint density at radius 3 is 2.29 bits per heavy atom. The summed E-state index contributed by atoms with van der Waals surface area (Å²) in [6.07, 6.45) is 0.787. The molecule has 1 saturated heterocycles. The first kappa shape index (κ1) is 17.7. The highest BCUT2D eigenvalue weighted by Crippen LogP contribution is 2.51. The Kier molecular flexibility index (Phi) is 4.14. The molecule has 3 aromatic carbocycles. The summed E-state index contributed by atoms with van der Waals surface area (Å²) in [5.41, 5.74) is 4.87. The maximum atomic E-state index is 13.5. The van der Waals surface area contributed by atoms with Crippen LogP contribution in [0.25, 0.3) is 0 Å².